The summed E-state index contributed by atoms with van der Waals surface area (Å²) in [5.74, 6) is 1.66. The van der Waals surface area contributed by atoms with E-state index < -0.39 is 0 Å². The molecule has 0 aromatic carbocycles. The lowest BCUT2D eigenvalue weighted by molar-refractivity contribution is 0.205. The van der Waals surface area contributed by atoms with E-state index in [4.69, 9.17) is 0 Å². The third kappa shape index (κ3) is 3.55. The van der Waals surface area contributed by atoms with Crippen molar-refractivity contribution >= 4 is 11.3 Å². The van der Waals surface area contributed by atoms with Gasteiger partial charge in [0.05, 0.1) is 5.01 Å². The van der Waals surface area contributed by atoms with Crippen LogP contribution in [-0.2, 0) is 13.0 Å². The minimum Gasteiger partial charge on any atom is -0.309 e. The summed E-state index contributed by atoms with van der Waals surface area (Å²) in [5, 5.41) is 5.04. The lowest BCUT2D eigenvalue weighted by Crippen LogP contribution is -2.40. The fraction of sp³-hybridized carbons (Fsp3) is 0.800. The molecule has 18 heavy (non-hydrogen) atoms. The van der Waals surface area contributed by atoms with Gasteiger partial charge in [0.1, 0.15) is 0 Å². The second-order valence-electron chi connectivity index (χ2n) is 5.75. The van der Waals surface area contributed by atoms with Crippen LogP contribution in [-0.4, -0.2) is 11.0 Å². The molecule has 0 bridgehead atoms. The first-order valence-electron chi connectivity index (χ1n) is 7.37. The Kier molecular flexibility index (Phi) is 5.19. The number of nitrogens with one attached hydrogen (secondary N) is 1. The maximum atomic E-state index is 4.43. The van der Waals surface area contributed by atoms with Crippen molar-refractivity contribution in [1.82, 2.24) is 10.3 Å². The minimum absolute atomic E-state index is 0.714. The molecule has 2 unspecified atom stereocenters. The van der Waals surface area contributed by atoms with E-state index in [0.717, 1.165) is 24.8 Å². The maximum absolute atomic E-state index is 4.43. The largest absolute Gasteiger partial charge is 0.309 e. The lowest BCUT2D eigenvalue weighted by Gasteiger charge is -2.35. The second-order valence-corrected chi connectivity index (χ2v) is 6.95. The van der Waals surface area contributed by atoms with E-state index in [1.54, 1.807) is 0 Å². The van der Waals surface area contributed by atoms with E-state index in [-0.39, 0.29) is 0 Å². The summed E-state index contributed by atoms with van der Waals surface area (Å²) in [6.45, 7) is 7.91. The molecule has 1 aliphatic rings. The van der Waals surface area contributed by atoms with E-state index in [1.165, 1.54) is 35.6 Å². The molecule has 1 fully saturated rings. The molecule has 0 aliphatic heterocycles. The van der Waals surface area contributed by atoms with Gasteiger partial charge in [-0.05, 0) is 31.1 Å². The van der Waals surface area contributed by atoms with Crippen LogP contribution in [0.4, 0.5) is 0 Å². The third-order valence-electron chi connectivity index (χ3n) is 4.12. The Morgan fingerprint density at radius 2 is 2.17 bits per heavy atom. The van der Waals surface area contributed by atoms with Crippen LogP contribution in [0.15, 0.2) is 6.20 Å². The van der Waals surface area contributed by atoms with Crippen LogP contribution in [0.25, 0.3) is 0 Å². The zero-order valence-electron chi connectivity index (χ0n) is 11.9. The summed E-state index contributed by atoms with van der Waals surface area (Å²) < 4.78 is 0. The first kappa shape index (κ1) is 14.0. The van der Waals surface area contributed by atoms with Crippen molar-refractivity contribution in [2.45, 2.75) is 65.5 Å². The Labute approximate surface area is 115 Å². The maximum Gasteiger partial charge on any atom is 0.0925 e. The molecule has 2 atom stereocenters. The zero-order chi connectivity index (χ0) is 13.0. The minimum atomic E-state index is 0.714. The SMILES string of the molecule is CCc1ncc(CNC2CCCCC2C(C)C)s1. The molecule has 2 rings (SSSR count). The molecule has 0 radical (unpaired) electrons. The van der Waals surface area contributed by atoms with Crippen molar-refractivity contribution in [3.8, 4) is 0 Å². The fourth-order valence-corrected chi connectivity index (χ4v) is 3.85. The van der Waals surface area contributed by atoms with Gasteiger partial charge < -0.3 is 5.32 Å². The van der Waals surface area contributed by atoms with Crippen molar-refractivity contribution in [2.24, 2.45) is 11.8 Å². The number of aromatic nitrogens is 1. The van der Waals surface area contributed by atoms with Gasteiger partial charge in [0.15, 0.2) is 0 Å². The molecule has 0 spiro atoms. The number of hydrogen-bond acceptors (Lipinski definition) is 3. The standard InChI is InChI=1S/C15H26N2S/c1-4-15-17-10-12(18-15)9-16-14-8-6-5-7-13(14)11(2)3/h10-11,13-14,16H,4-9H2,1-3H3. The smallest absolute Gasteiger partial charge is 0.0925 e. The normalized spacial score (nSPS) is 24.7. The number of rotatable bonds is 5. The molecule has 2 nitrogen and oxygen atoms in total. The Bertz CT molecular complexity index is 359. The summed E-state index contributed by atoms with van der Waals surface area (Å²) in [6, 6.07) is 0.714. The summed E-state index contributed by atoms with van der Waals surface area (Å²) in [6.07, 6.45) is 8.66. The molecule has 3 heteroatoms. The molecule has 1 heterocycles. The molecule has 1 N–H and O–H groups in total. The molecule has 102 valence electrons. The first-order chi connectivity index (χ1) is 8.70. The number of aryl methyl sites for hydroxylation is 1. The van der Waals surface area contributed by atoms with E-state index >= 15 is 0 Å². The fourth-order valence-electron chi connectivity index (χ4n) is 3.04. The predicted molar refractivity (Wildman–Crippen MR) is 78.9 cm³/mol. The average Bonchev–Trinajstić information content (AvgIpc) is 2.84. The van der Waals surface area contributed by atoms with Crippen molar-refractivity contribution < 1.29 is 0 Å². The Morgan fingerprint density at radius 1 is 1.39 bits per heavy atom. The van der Waals surface area contributed by atoms with Crippen molar-refractivity contribution in [3.63, 3.8) is 0 Å². The van der Waals surface area contributed by atoms with Gasteiger partial charge in [0.25, 0.3) is 0 Å². The first-order valence-corrected chi connectivity index (χ1v) is 8.19. The van der Waals surface area contributed by atoms with E-state index in [2.05, 4.69) is 31.1 Å². The van der Waals surface area contributed by atoms with Crippen LogP contribution in [0.2, 0.25) is 0 Å². The van der Waals surface area contributed by atoms with Gasteiger partial charge in [0, 0.05) is 23.7 Å². The van der Waals surface area contributed by atoms with Crippen molar-refractivity contribution in [2.75, 3.05) is 0 Å². The highest BCUT2D eigenvalue weighted by molar-refractivity contribution is 7.11. The molecule has 1 aliphatic carbocycles. The number of thiazole rings is 1. The summed E-state index contributed by atoms with van der Waals surface area (Å²) in [5.41, 5.74) is 0. The average molecular weight is 266 g/mol. The molecule has 1 aromatic heterocycles. The van der Waals surface area contributed by atoms with Gasteiger partial charge in [-0.3, -0.25) is 0 Å². The topological polar surface area (TPSA) is 24.9 Å². The molecule has 1 saturated carbocycles. The Hall–Kier alpha value is -0.410. The number of nitrogens with zero attached hydrogens (tertiary/aromatic N) is 1. The highest BCUT2D eigenvalue weighted by Crippen LogP contribution is 2.30. The van der Waals surface area contributed by atoms with Crippen LogP contribution in [0.3, 0.4) is 0 Å². The predicted octanol–water partition coefficient (Wildman–Crippen LogP) is 4.01. The van der Waals surface area contributed by atoms with E-state index in [0.29, 0.717) is 6.04 Å². The molecular formula is C15H26N2S. The van der Waals surface area contributed by atoms with Crippen molar-refractivity contribution in [1.29, 1.82) is 0 Å². The van der Waals surface area contributed by atoms with Crippen LogP contribution in [0.5, 0.6) is 0 Å². The highest BCUT2D eigenvalue weighted by atomic mass is 32.1. The van der Waals surface area contributed by atoms with Gasteiger partial charge in [-0.15, -0.1) is 11.3 Å². The van der Waals surface area contributed by atoms with E-state index in [9.17, 15) is 0 Å². The van der Waals surface area contributed by atoms with Crippen LogP contribution in [0, 0.1) is 11.8 Å². The third-order valence-corrected chi connectivity index (χ3v) is 5.26. The molecule has 0 amide bonds. The van der Waals surface area contributed by atoms with E-state index in [1.807, 2.05) is 17.5 Å². The molecule has 1 aromatic rings. The summed E-state index contributed by atoms with van der Waals surface area (Å²) in [7, 11) is 0. The van der Waals surface area contributed by atoms with Crippen molar-refractivity contribution in [3.05, 3.63) is 16.1 Å². The summed E-state index contributed by atoms with van der Waals surface area (Å²) >= 11 is 1.86. The molecular weight excluding hydrogens is 240 g/mol. The van der Waals surface area contributed by atoms with Gasteiger partial charge in [-0.2, -0.15) is 0 Å². The summed E-state index contributed by atoms with van der Waals surface area (Å²) in [4.78, 5) is 5.82. The monoisotopic (exact) mass is 266 g/mol. The van der Waals surface area contributed by atoms with Gasteiger partial charge in [0.2, 0.25) is 0 Å². The highest BCUT2D eigenvalue weighted by Gasteiger charge is 2.26. The van der Waals surface area contributed by atoms with Crippen LogP contribution >= 0.6 is 11.3 Å². The zero-order valence-corrected chi connectivity index (χ0v) is 12.7. The van der Waals surface area contributed by atoms with Gasteiger partial charge >= 0.3 is 0 Å². The Morgan fingerprint density at radius 3 is 2.83 bits per heavy atom. The molecule has 0 saturated heterocycles. The van der Waals surface area contributed by atoms with Gasteiger partial charge in [-0.1, -0.05) is 33.6 Å². The second kappa shape index (κ2) is 6.67. The quantitative estimate of drug-likeness (QED) is 0.871. The van der Waals surface area contributed by atoms with Gasteiger partial charge in [-0.25, -0.2) is 4.98 Å². The van der Waals surface area contributed by atoms with Crippen LogP contribution < -0.4 is 5.32 Å². The Balaban J connectivity index is 1.87. The van der Waals surface area contributed by atoms with Crippen LogP contribution in [0.1, 0.15) is 56.3 Å². The number of hydrogen-bond donors (Lipinski definition) is 1. The lowest BCUT2D eigenvalue weighted by atomic mass is 9.78.